The Hall–Kier alpha value is -1.95. The van der Waals surface area contributed by atoms with Crippen LogP contribution in [0.15, 0.2) is 29.3 Å². The third kappa shape index (κ3) is 8.06. The van der Waals surface area contributed by atoms with E-state index in [1.165, 1.54) is 0 Å². The van der Waals surface area contributed by atoms with Crippen molar-refractivity contribution in [1.82, 2.24) is 15.5 Å². The zero-order chi connectivity index (χ0) is 17.6. The smallest absolute Gasteiger partial charge is 0.191 e. The molecule has 24 heavy (non-hydrogen) atoms. The number of benzene rings is 1. The first-order chi connectivity index (χ1) is 11.7. The molecule has 0 bridgehead atoms. The van der Waals surface area contributed by atoms with Gasteiger partial charge in [-0.25, -0.2) is 0 Å². The molecule has 0 saturated heterocycles. The molecule has 6 nitrogen and oxygen atoms in total. The number of rotatable bonds is 11. The summed E-state index contributed by atoms with van der Waals surface area (Å²) in [5.74, 6) is 2.47. The summed E-state index contributed by atoms with van der Waals surface area (Å²) in [6, 6.07) is 7.58. The Kier molecular flexibility index (Phi) is 10.4. The molecule has 2 N–H and O–H groups in total. The van der Waals surface area contributed by atoms with Crippen molar-refractivity contribution in [2.45, 2.75) is 20.3 Å². The predicted molar refractivity (Wildman–Crippen MR) is 100 cm³/mol. The van der Waals surface area contributed by atoms with E-state index in [-0.39, 0.29) is 0 Å². The second kappa shape index (κ2) is 12.5. The minimum Gasteiger partial charge on any atom is -0.497 e. The van der Waals surface area contributed by atoms with E-state index in [1.54, 1.807) is 14.2 Å². The molecule has 136 valence electrons. The van der Waals surface area contributed by atoms with Gasteiger partial charge >= 0.3 is 0 Å². The normalized spacial score (nSPS) is 11.5. The van der Waals surface area contributed by atoms with Crippen molar-refractivity contribution in [3.8, 4) is 11.5 Å². The average Bonchev–Trinajstić information content (AvgIpc) is 2.64. The quantitative estimate of drug-likeness (QED) is 0.368. The van der Waals surface area contributed by atoms with E-state index in [0.29, 0.717) is 13.2 Å². The lowest BCUT2D eigenvalue weighted by atomic mass is 10.3. The second-order valence-electron chi connectivity index (χ2n) is 5.33. The molecule has 0 saturated carbocycles. The number of aliphatic imine (C=N–C) groups is 1. The van der Waals surface area contributed by atoms with Gasteiger partial charge in [0.2, 0.25) is 0 Å². The minimum atomic E-state index is 0.576. The van der Waals surface area contributed by atoms with Crippen molar-refractivity contribution >= 4 is 5.96 Å². The van der Waals surface area contributed by atoms with E-state index >= 15 is 0 Å². The molecule has 0 aliphatic rings. The van der Waals surface area contributed by atoms with Gasteiger partial charge in [0.25, 0.3) is 0 Å². The molecule has 0 spiro atoms. The lowest BCUT2D eigenvalue weighted by Crippen LogP contribution is -2.40. The maximum atomic E-state index is 5.68. The van der Waals surface area contributed by atoms with Crippen LogP contribution in [-0.2, 0) is 0 Å². The molecule has 0 amide bonds. The highest BCUT2D eigenvalue weighted by Gasteiger charge is 2.00. The average molecular weight is 336 g/mol. The van der Waals surface area contributed by atoms with Gasteiger partial charge in [0.1, 0.15) is 18.1 Å². The van der Waals surface area contributed by atoms with Crippen molar-refractivity contribution in [1.29, 1.82) is 0 Å². The van der Waals surface area contributed by atoms with Gasteiger partial charge in [0.15, 0.2) is 5.96 Å². The molecule has 0 aliphatic heterocycles. The van der Waals surface area contributed by atoms with Gasteiger partial charge in [-0.15, -0.1) is 0 Å². The van der Waals surface area contributed by atoms with E-state index in [2.05, 4.69) is 34.4 Å². The largest absolute Gasteiger partial charge is 0.497 e. The fraction of sp³-hybridized carbons (Fsp3) is 0.611. The van der Waals surface area contributed by atoms with Crippen LogP contribution in [0.4, 0.5) is 0 Å². The third-order valence-electron chi connectivity index (χ3n) is 3.78. The summed E-state index contributed by atoms with van der Waals surface area (Å²) < 4.78 is 10.8. The van der Waals surface area contributed by atoms with Crippen molar-refractivity contribution in [3.63, 3.8) is 0 Å². The van der Waals surface area contributed by atoms with E-state index in [9.17, 15) is 0 Å². The maximum absolute atomic E-state index is 5.68. The van der Waals surface area contributed by atoms with Crippen LogP contribution in [0.25, 0.3) is 0 Å². The van der Waals surface area contributed by atoms with E-state index in [0.717, 1.165) is 50.1 Å². The Labute approximate surface area is 146 Å². The zero-order valence-electron chi connectivity index (χ0n) is 15.5. The number of methoxy groups -OCH3 is 1. The van der Waals surface area contributed by atoms with E-state index < -0.39 is 0 Å². The van der Waals surface area contributed by atoms with Gasteiger partial charge in [-0.05, 0) is 50.3 Å². The molecule has 0 fully saturated rings. The molecular formula is C18H32N4O2. The van der Waals surface area contributed by atoms with Crippen molar-refractivity contribution < 1.29 is 9.47 Å². The first-order valence-corrected chi connectivity index (χ1v) is 8.67. The van der Waals surface area contributed by atoms with Crippen molar-refractivity contribution in [3.05, 3.63) is 24.3 Å². The number of hydrogen-bond donors (Lipinski definition) is 2. The highest BCUT2D eigenvalue weighted by Crippen LogP contribution is 2.16. The van der Waals surface area contributed by atoms with Crippen molar-refractivity contribution in [2.75, 3.05) is 53.5 Å². The first kappa shape index (κ1) is 20.1. The summed E-state index contributed by atoms with van der Waals surface area (Å²) >= 11 is 0. The number of nitrogens with one attached hydrogen (secondary N) is 2. The summed E-state index contributed by atoms with van der Waals surface area (Å²) in [5.41, 5.74) is 0. The van der Waals surface area contributed by atoms with E-state index in [1.807, 2.05) is 24.3 Å². The summed E-state index contributed by atoms with van der Waals surface area (Å²) in [6.45, 7) is 9.89. The molecule has 1 aromatic carbocycles. The predicted octanol–water partition coefficient (Wildman–Crippen LogP) is 1.97. The van der Waals surface area contributed by atoms with Crippen LogP contribution in [0.1, 0.15) is 20.3 Å². The monoisotopic (exact) mass is 336 g/mol. The highest BCUT2D eigenvalue weighted by molar-refractivity contribution is 5.79. The van der Waals surface area contributed by atoms with Gasteiger partial charge < -0.3 is 25.0 Å². The fourth-order valence-electron chi connectivity index (χ4n) is 2.28. The van der Waals surface area contributed by atoms with Crippen LogP contribution >= 0.6 is 0 Å². The Morgan fingerprint density at radius 3 is 2.25 bits per heavy atom. The molecular weight excluding hydrogens is 304 g/mol. The maximum Gasteiger partial charge on any atom is 0.191 e. The van der Waals surface area contributed by atoms with Crippen LogP contribution in [0.3, 0.4) is 0 Å². The fourth-order valence-corrected chi connectivity index (χ4v) is 2.28. The van der Waals surface area contributed by atoms with Crippen LogP contribution in [0.5, 0.6) is 11.5 Å². The SMILES string of the molecule is CCN(CC)CCCNC(=NC)NCCOc1ccc(OC)cc1. The molecule has 0 radical (unpaired) electrons. The van der Waals surface area contributed by atoms with Crippen LogP contribution < -0.4 is 20.1 Å². The third-order valence-corrected chi connectivity index (χ3v) is 3.78. The van der Waals surface area contributed by atoms with Gasteiger partial charge in [-0.1, -0.05) is 13.8 Å². The minimum absolute atomic E-state index is 0.576. The molecule has 0 heterocycles. The Balaban J connectivity index is 2.15. The Morgan fingerprint density at radius 1 is 1.04 bits per heavy atom. The molecule has 0 aromatic heterocycles. The summed E-state index contributed by atoms with van der Waals surface area (Å²) in [4.78, 5) is 6.64. The molecule has 1 aromatic rings. The number of ether oxygens (including phenoxy) is 2. The van der Waals surface area contributed by atoms with Gasteiger partial charge in [-0.2, -0.15) is 0 Å². The second-order valence-corrected chi connectivity index (χ2v) is 5.33. The first-order valence-electron chi connectivity index (χ1n) is 8.67. The lowest BCUT2D eigenvalue weighted by molar-refractivity contribution is 0.300. The molecule has 6 heteroatoms. The lowest BCUT2D eigenvalue weighted by Gasteiger charge is -2.18. The summed E-state index contributed by atoms with van der Waals surface area (Å²) in [7, 11) is 3.43. The summed E-state index contributed by atoms with van der Waals surface area (Å²) in [6.07, 6.45) is 1.10. The Bertz CT molecular complexity index is 459. The number of nitrogens with zero attached hydrogens (tertiary/aromatic N) is 2. The molecule has 1 rings (SSSR count). The highest BCUT2D eigenvalue weighted by atomic mass is 16.5. The van der Waals surface area contributed by atoms with Gasteiger partial charge in [0, 0.05) is 13.6 Å². The molecule has 0 unspecified atom stereocenters. The topological polar surface area (TPSA) is 58.1 Å². The van der Waals surface area contributed by atoms with Crippen LogP contribution in [0, 0.1) is 0 Å². The summed E-state index contributed by atoms with van der Waals surface area (Å²) in [5, 5.41) is 6.58. The number of hydrogen-bond acceptors (Lipinski definition) is 4. The van der Waals surface area contributed by atoms with Crippen LogP contribution in [0.2, 0.25) is 0 Å². The van der Waals surface area contributed by atoms with Gasteiger partial charge in [0.05, 0.1) is 13.7 Å². The van der Waals surface area contributed by atoms with E-state index in [4.69, 9.17) is 9.47 Å². The van der Waals surface area contributed by atoms with Crippen LogP contribution in [-0.4, -0.2) is 64.3 Å². The number of guanidine groups is 1. The van der Waals surface area contributed by atoms with Crippen molar-refractivity contribution in [2.24, 2.45) is 4.99 Å². The van der Waals surface area contributed by atoms with Gasteiger partial charge in [-0.3, -0.25) is 4.99 Å². The standard InChI is InChI=1S/C18H32N4O2/c1-5-22(6-2)14-7-12-20-18(19-3)21-13-15-24-17-10-8-16(23-4)9-11-17/h8-11H,5-7,12-15H2,1-4H3,(H2,19,20,21). The molecule has 0 atom stereocenters. The molecule has 0 aliphatic carbocycles. The Morgan fingerprint density at radius 2 is 1.67 bits per heavy atom. The zero-order valence-corrected chi connectivity index (χ0v) is 15.5.